The van der Waals surface area contributed by atoms with Crippen LogP contribution < -0.4 is 5.32 Å². The highest BCUT2D eigenvalue weighted by molar-refractivity contribution is 7.92. The molecule has 0 atom stereocenters. The smallest absolute Gasteiger partial charge is 0.325 e. The van der Waals surface area contributed by atoms with E-state index in [1.807, 2.05) is 0 Å². The lowest BCUT2D eigenvalue weighted by Crippen LogP contribution is -2.23. The minimum atomic E-state index is -4.57. The van der Waals surface area contributed by atoms with Crippen molar-refractivity contribution in [3.63, 3.8) is 0 Å². The molecule has 0 fully saturated rings. The summed E-state index contributed by atoms with van der Waals surface area (Å²) in [6.45, 7) is 1.29. The van der Waals surface area contributed by atoms with Gasteiger partial charge in [-0.05, 0) is 48.9 Å². The lowest BCUT2D eigenvalue weighted by atomic mass is 10.1. The first-order valence-electron chi connectivity index (χ1n) is 6.95. The Balaban J connectivity index is 2.16. The third kappa shape index (κ3) is 4.96. The van der Waals surface area contributed by atoms with Crippen LogP contribution in [0.4, 0.5) is 18.9 Å². The molecule has 9 heteroatoms. The summed E-state index contributed by atoms with van der Waals surface area (Å²) in [5, 5.41) is 2.51. The molecule has 0 radical (unpaired) electrons. The standard InChI is InChI=1S/C16H13ClF3NO3S/c1-10-2-5-12(8-14(10)16(18,19)20)21-15(22)9-25(23,24)13-6-3-11(17)4-7-13/h2-8H,9H2,1H3,(H,21,22). The van der Waals surface area contributed by atoms with Crippen molar-refractivity contribution in [3.05, 3.63) is 58.6 Å². The number of rotatable bonds is 4. The Morgan fingerprint density at radius 3 is 2.28 bits per heavy atom. The Morgan fingerprint density at radius 1 is 1.12 bits per heavy atom. The highest BCUT2D eigenvalue weighted by Crippen LogP contribution is 2.33. The molecular formula is C16H13ClF3NO3S. The van der Waals surface area contributed by atoms with Gasteiger partial charge in [-0.25, -0.2) is 8.42 Å². The quantitative estimate of drug-likeness (QED) is 0.854. The number of benzene rings is 2. The van der Waals surface area contributed by atoms with Crippen LogP contribution in [0, 0.1) is 6.92 Å². The Bertz CT molecular complexity index is 894. The molecule has 0 aromatic heterocycles. The zero-order valence-corrected chi connectivity index (χ0v) is 14.5. The minimum Gasteiger partial charge on any atom is -0.325 e. The van der Waals surface area contributed by atoms with Gasteiger partial charge in [0.1, 0.15) is 5.75 Å². The van der Waals surface area contributed by atoms with Gasteiger partial charge >= 0.3 is 6.18 Å². The van der Waals surface area contributed by atoms with Crippen LogP contribution in [0.1, 0.15) is 11.1 Å². The van der Waals surface area contributed by atoms with Crippen molar-refractivity contribution < 1.29 is 26.4 Å². The number of hydrogen-bond acceptors (Lipinski definition) is 3. The maximum absolute atomic E-state index is 12.9. The zero-order valence-electron chi connectivity index (χ0n) is 12.9. The highest BCUT2D eigenvalue weighted by Gasteiger charge is 2.32. The molecule has 0 saturated carbocycles. The van der Waals surface area contributed by atoms with E-state index < -0.39 is 33.2 Å². The molecule has 0 unspecified atom stereocenters. The van der Waals surface area contributed by atoms with Gasteiger partial charge in [-0.2, -0.15) is 13.2 Å². The normalized spacial score (nSPS) is 12.0. The van der Waals surface area contributed by atoms with Crippen LogP contribution in [-0.4, -0.2) is 20.1 Å². The molecule has 0 spiro atoms. The molecule has 0 heterocycles. The van der Waals surface area contributed by atoms with Crippen molar-refractivity contribution in [2.75, 3.05) is 11.1 Å². The summed E-state index contributed by atoms with van der Waals surface area (Å²) in [6, 6.07) is 8.46. The first-order valence-corrected chi connectivity index (χ1v) is 8.98. The van der Waals surface area contributed by atoms with E-state index >= 15 is 0 Å². The van der Waals surface area contributed by atoms with Crippen LogP contribution in [0.3, 0.4) is 0 Å². The van der Waals surface area contributed by atoms with Gasteiger partial charge in [0.05, 0.1) is 10.5 Å². The zero-order chi connectivity index (χ0) is 18.8. The molecule has 0 saturated heterocycles. The number of nitrogens with one attached hydrogen (secondary N) is 1. The minimum absolute atomic E-state index is 0.000662. The summed E-state index contributed by atoms with van der Waals surface area (Å²) in [6.07, 6.45) is -4.57. The van der Waals surface area contributed by atoms with Crippen LogP contribution in [0.5, 0.6) is 0 Å². The van der Waals surface area contributed by atoms with Crippen LogP contribution in [0.25, 0.3) is 0 Å². The second-order valence-corrected chi connectivity index (χ2v) is 7.71. The third-order valence-corrected chi connectivity index (χ3v) is 5.21. The van der Waals surface area contributed by atoms with E-state index in [-0.39, 0.29) is 16.1 Å². The molecular weight excluding hydrogens is 379 g/mol. The lowest BCUT2D eigenvalue weighted by molar-refractivity contribution is -0.138. The summed E-state index contributed by atoms with van der Waals surface area (Å²) in [5.74, 6) is -1.84. The molecule has 2 rings (SSSR count). The van der Waals surface area contributed by atoms with E-state index in [1.54, 1.807) is 0 Å². The number of carbonyl (C=O) groups is 1. The van der Waals surface area contributed by atoms with E-state index in [1.165, 1.54) is 43.3 Å². The Kier molecular flexibility index (Phi) is 5.43. The molecule has 0 aliphatic rings. The molecule has 2 aromatic carbocycles. The van der Waals surface area contributed by atoms with Gasteiger partial charge in [-0.15, -0.1) is 0 Å². The predicted molar refractivity (Wildman–Crippen MR) is 88.3 cm³/mol. The molecule has 1 N–H and O–H groups in total. The summed E-state index contributed by atoms with van der Waals surface area (Å²) in [7, 11) is -3.94. The van der Waals surface area contributed by atoms with Crippen molar-refractivity contribution in [2.24, 2.45) is 0 Å². The van der Waals surface area contributed by atoms with E-state index in [9.17, 15) is 26.4 Å². The fourth-order valence-corrected chi connectivity index (χ4v) is 3.36. The van der Waals surface area contributed by atoms with E-state index in [4.69, 9.17) is 11.6 Å². The van der Waals surface area contributed by atoms with E-state index in [0.29, 0.717) is 5.02 Å². The van der Waals surface area contributed by atoms with Gasteiger partial charge in [0.15, 0.2) is 9.84 Å². The number of aryl methyl sites for hydroxylation is 1. The molecule has 1 amide bonds. The van der Waals surface area contributed by atoms with E-state index in [2.05, 4.69) is 5.32 Å². The number of anilines is 1. The van der Waals surface area contributed by atoms with Crippen molar-refractivity contribution in [1.29, 1.82) is 0 Å². The lowest BCUT2D eigenvalue weighted by Gasteiger charge is -2.13. The van der Waals surface area contributed by atoms with Gasteiger partial charge in [0.2, 0.25) is 5.91 Å². The summed E-state index contributed by atoms with van der Waals surface area (Å²) < 4.78 is 62.9. The number of halogens is 4. The summed E-state index contributed by atoms with van der Waals surface area (Å²) in [5.41, 5.74) is -1.03. The first kappa shape index (κ1) is 19.3. The van der Waals surface area contributed by atoms with Crippen molar-refractivity contribution in [2.45, 2.75) is 18.0 Å². The molecule has 134 valence electrons. The topological polar surface area (TPSA) is 63.2 Å². The number of sulfone groups is 1. The highest BCUT2D eigenvalue weighted by atomic mass is 35.5. The average Bonchev–Trinajstić information content (AvgIpc) is 2.48. The Labute approximate surface area is 147 Å². The number of carbonyl (C=O) groups excluding carboxylic acids is 1. The summed E-state index contributed by atoms with van der Waals surface area (Å²) in [4.78, 5) is 11.8. The van der Waals surface area contributed by atoms with Crippen molar-refractivity contribution >= 4 is 33.0 Å². The Morgan fingerprint density at radius 2 is 1.72 bits per heavy atom. The fourth-order valence-electron chi connectivity index (χ4n) is 2.10. The number of hydrogen-bond donors (Lipinski definition) is 1. The molecule has 25 heavy (non-hydrogen) atoms. The van der Waals surface area contributed by atoms with Crippen LogP contribution in [-0.2, 0) is 20.8 Å². The molecule has 0 bridgehead atoms. The van der Waals surface area contributed by atoms with Crippen molar-refractivity contribution in [1.82, 2.24) is 0 Å². The van der Waals surface area contributed by atoms with Gasteiger partial charge in [-0.1, -0.05) is 17.7 Å². The maximum Gasteiger partial charge on any atom is 0.416 e. The third-order valence-electron chi connectivity index (χ3n) is 3.32. The van der Waals surface area contributed by atoms with E-state index in [0.717, 1.165) is 6.07 Å². The van der Waals surface area contributed by atoms with Crippen LogP contribution >= 0.6 is 11.6 Å². The summed E-state index contributed by atoms with van der Waals surface area (Å²) >= 11 is 5.67. The van der Waals surface area contributed by atoms with Crippen LogP contribution in [0.2, 0.25) is 5.02 Å². The van der Waals surface area contributed by atoms with Crippen LogP contribution in [0.15, 0.2) is 47.4 Å². The maximum atomic E-state index is 12.9. The van der Waals surface area contributed by atoms with Gasteiger partial charge in [0.25, 0.3) is 0 Å². The number of alkyl halides is 3. The number of amides is 1. The van der Waals surface area contributed by atoms with Gasteiger partial charge < -0.3 is 5.32 Å². The molecule has 2 aromatic rings. The monoisotopic (exact) mass is 391 g/mol. The van der Waals surface area contributed by atoms with Gasteiger partial charge in [0, 0.05) is 10.7 Å². The average molecular weight is 392 g/mol. The second-order valence-electron chi connectivity index (χ2n) is 5.29. The predicted octanol–water partition coefficient (Wildman–Crippen LogP) is 4.08. The Hall–Kier alpha value is -2.06. The second kappa shape index (κ2) is 7.05. The fraction of sp³-hybridized carbons (Fsp3) is 0.188. The van der Waals surface area contributed by atoms with Crippen molar-refractivity contribution in [3.8, 4) is 0 Å². The first-order chi connectivity index (χ1) is 11.5. The molecule has 0 aliphatic heterocycles. The largest absolute Gasteiger partial charge is 0.416 e. The van der Waals surface area contributed by atoms with Gasteiger partial charge in [-0.3, -0.25) is 4.79 Å². The molecule has 4 nitrogen and oxygen atoms in total. The molecule has 0 aliphatic carbocycles. The SMILES string of the molecule is Cc1ccc(NC(=O)CS(=O)(=O)c2ccc(Cl)cc2)cc1C(F)(F)F.